The monoisotopic (exact) mass is 719 g/mol. The number of nitrogens with one attached hydrogen (secondary N) is 3. The number of fused-ring (bicyclic) bond motifs is 1. The van der Waals surface area contributed by atoms with Crippen LogP contribution in [0.1, 0.15) is 86.9 Å². The van der Waals surface area contributed by atoms with E-state index in [4.69, 9.17) is 10.7 Å². The number of aryl methyl sites for hydroxylation is 2. The number of hydrogen-bond donors (Lipinski definition) is 4. The minimum Gasteiger partial charge on any atom is -0.399 e. The Morgan fingerprint density at radius 2 is 1.70 bits per heavy atom. The molecule has 1 aromatic heterocycles. The van der Waals surface area contributed by atoms with Crippen LogP contribution in [-0.2, 0) is 19.4 Å². The summed E-state index contributed by atoms with van der Waals surface area (Å²) in [6.45, 7) is 23.9. The fourth-order valence-corrected chi connectivity index (χ4v) is 7.47. The number of hydrazone groups is 1. The van der Waals surface area contributed by atoms with Gasteiger partial charge in [0.1, 0.15) is 5.82 Å². The van der Waals surface area contributed by atoms with E-state index in [1.807, 2.05) is 27.0 Å². The number of allylic oxidation sites excluding steroid dienone is 2. The highest BCUT2D eigenvalue weighted by molar-refractivity contribution is 5.96. The number of likely N-dealkylation sites (tertiary alicyclic amines) is 1. The molecule has 0 atom stereocenters. The first-order valence-electron chi connectivity index (χ1n) is 19.6. The average molecular weight is 719 g/mol. The van der Waals surface area contributed by atoms with E-state index in [0.29, 0.717) is 25.5 Å². The quantitative estimate of drug-likeness (QED) is 0.0602. The lowest BCUT2D eigenvalue weighted by molar-refractivity contribution is 0.227. The zero-order valence-electron chi connectivity index (χ0n) is 32.5. The fraction of sp³-hybridized carbons (Fsp3) is 0.465. The molecule has 0 radical (unpaired) electrons. The molecule has 0 spiro atoms. The lowest BCUT2D eigenvalue weighted by atomic mass is 9.97. The maximum Gasteiger partial charge on any atom is 0.134 e. The molecule has 3 heterocycles. The lowest BCUT2D eigenvalue weighted by Crippen LogP contribution is -2.33. The molecule has 10 heteroatoms. The van der Waals surface area contributed by atoms with Gasteiger partial charge in [-0.25, -0.2) is 4.98 Å². The van der Waals surface area contributed by atoms with Crippen molar-refractivity contribution in [1.29, 1.82) is 0 Å². The Kier molecular flexibility index (Phi) is 14.9. The molecule has 0 aliphatic carbocycles. The normalized spacial score (nSPS) is 16.9. The zero-order valence-corrected chi connectivity index (χ0v) is 32.5. The van der Waals surface area contributed by atoms with E-state index in [1.54, 1.807) is 0 Å². The van der Waals surface area contributed by atoms with Crippen molar-refractivity contribution in [3.8, 4) is 0 Å². The number of imidazole rings is 1. The van der Waals surface area contributed by atoms with E-state index >= 15 is 0 Å². The Balaban J connectivity index is 1.44. The van der Waals surface area contributed by atoms with Crippen molar-refractivity contribution in [3.63, 3.8) is 0 Å². The summed E-state index contributed by atoms with van der Waals surface area (Å²) in [5.74, 6) is 0.879. The minimum atomic E-state index is 0.556. The van der Waals surface area contributed by atoms with Gasteiger partial charge in [-0.3, -0.25) is 4.99 Å². The van der Waals surface area contributed by atoms with Crippen LogP contribution in [0, 0.1) is 0 Å². The summed E-state index contributed by atoms with van der Waals surface area (Å²) in [5.41, 5.74) is 20.3. The number of nitrogens with zero attached hydrogens (tertiary/aromatic N) is 6. The summed E-state index contributed by atoms with van der Waals surface area (Å²) in [6, 6.07) is 8.75. The molecule has 284 valence electrons. The number of nitrogens with two attached hydrogens (primary N) is 1. The highest BCUT2D eigenvalue weighted by Gasteiger charge is 2.19. The van der Waals surface area contributed by atoms with Gasteiger partial charge in [0, 0.05) is 37.6 Å². The average Bonchev–Trinajstić information content (AvgIpc) is 3.52. The van der Waals surface area contributed by atoms with Crippen LogP contribution in [0.3, 0.4) is 0 Å². The molecule has 2 aromatic carbocycles. The summed E-state index contributed by atoms with van der Waals surface area (Å²) in [6.07, 6.45) is 18.7. The zero-order chi connectivity index (χ0) is 37.6. The van der Waals surface area contributed by atoms with Crippen molar-refractivity contribution in [1.82, 2.24) is 30.5 Å². The van der Waals surface area contributed by atoms with Crippen LogP contribution in [-0.4, -0.2) is 79.9 Å². The number of aromatic nitrogens is 2. The van der Waals surface area contributed by atoms with Crippen molar-refractivity contribution in [2.75, 3.05) is 57.9 Å². The van der Waals surface area contributed by atoms with Crippen LogP contribution in [0.5, 0.6) is 0 Å². The Morgan fingerprint density at radius 1 is 0.962 bits per heavy atom. The van der Waals surface area contributed by atoms with Crippen molar-refractivity contribution in [3.05, 3.63) is 83.7 Å². The third-order valence-corrected chi connectivity index (χ3v) is 10.2. The van der Waals surface area contributed by atoms with Gasteiger partial charge in [-0.1, -0.05) is 38.2 Å². The summed E-state index contributed by atoms with van der Waals surface area (Å²) in [7, 11) is 1.99. The van der Waals surface area contributed by atoms with E-state index < -0.39 is 0 Å². The molecule has 5 rings (SSSR count). The van der Waals surface area contributed by atoms with Crippen LogP contribution in [0.15, 0.2) is 65.7 Å². The number of benzene rings is 2. The molecule has 53 heavy (non-hydrogen) atoms. The number of aliphatic imine (C=N–C) groups is 1. The van der Waals surface area contributed by atoms with Gasteiger partial charge >= 0.3 is 0 Å². The second-order valence-corrected chi connectivity index (χ2v) is 14.3. The van der Waals surface area contributed by atoms with Crippen LogP contribution >= 0.6 is 0 Å². The summed E-state index contributed by atoms with van der Waals surface area (Å²) in [4.78, 5) is 14.7. The van der Waals surface area contributed by atoms with E-state index in [2.05, 4.69) is 103 Å². The number of anilines is 1. The van der Waals surface area contributed by atoms with E-state index in [9.17, 15) is 0 Å². The van der Waals surface area contributed by atoms with Crippen molar-refractivity contribution in [2.24, 2.45) is 15.8 Å². The van der Waals surface area contributed by atoms with E-state index in [-0.39, 0.29) is 0 Å². The van der Waals surface area contributed by atoms with E-state index in [1.165, 1.54) is 43.5 Å². The predicted octanol–water partition coefficient (Wildman–Crippen LogP) is 7.24. The van der Waals surface area contributed by atoms with Gasteiger partial charge in [0.05, 0.1) is 34.8 Å². The van der Waals surface area contributed by atoms with E-state index in [0.717, 1.165) is 109 Å². The van der Waals surface area contributed by atoms with Crippen LogP contribution in [0.25, 0.3) is 28.5 Å². The predicted molar refractivity (Wildman–Crippen MR) is 228 cm³/mol. The third kappa shape index (κ3) is 10.7. The number of hydrogen-bond acceptors (Lipinski definition) is 9. The molecule has 5 N–H and O–H groups in total. The van der Waals surface area contributed by atoms with Gasteiger partial charge in [0.2, 0.25) is 0 Å². The van der Waals surface area contributed by atoms with Crippen molar-refractivity contribution in [2.45, 2.75) is 78.2 Å². The molecule has 3 aromatic rings. The van der Waals surface area contributed by atoms with Crippen LogP contribution in [0.4, 0.5) is 11.4 Å². The van der Waals surface area contributed by atoms with Gasteiger partial charge in [0.15, 0.2) is 0 Å². The molecule has 0 saturated carbocycles. The highest BCUT2D eigenvalue weighted by atomic mass is 15.3. The molecule has 0 amide bonds. The standard InChI is InChI=1S/C43H62N10/c1-7-48-50-32(2)19-20-41-49-40-29-37(33(3)44)27-36-18-11-8-10-17-35-28-38(34(4)47-21-16-24-51-22-12-9-13-23-51)30-39(46-6)42(35)52(31-45-5)25-14-15-26-53(41)43(36)40/h14-15,19-20,27-30,45,47-48H,3-4,6-13,16-18,21-26,31,44H2,1-2,5H3/b15-14+,20-19+,50-32-. The molecule has 10 nitrogen and oxygen atoms in total. The topological polar surface area (TPSA) is 111 Å². The van der Waals surface area contributed by atoms with Crippen molar-refractivity contribution < 1.29 is 0 Å². The van der Waals surface area contributed by atoms with Crippen LogP contribution < -0.4 is 26.7 Å². The smallest absolute Gasteiger partial charge is 0.134 e. The molecule has 0 unspecified atom stereocenters. The number of rotatable bonds is 14. The molecular weight excluding hydrogens is 657 g/mol. The third-order valence-electron chi connectivity index (χ3n) is 10.2. The first-order valence-corrected chi connectivity index (χ1v) is 19.6. The number of piperidine rings is 1. The van der Waals surface area contributed by atoms with Crippen LogP contribution in [0.2, 0.25) is 0 Å². The summed E-state index contributed by atoms with van der Waals surface area (Å²) >= 11 is 0. The Hall–Kier alpha value is -4.67. The molecule has 0 bridgehead atoms. The Morgan fingerprint density at radius 3 is 2.43 bits per heavy atom. The summed E-state index contributed by atoms with van der Waals surface area (Å²) in [5, 5.41) is 11.4. The van der Waals surface area contributed by atoms with Crippen molar-refractivity contribution >= 4 is 52.3 Å². The summed E-state index contributed by atoms with van der Waals surface area (Å²) < 4.78 is 2.31. The molecular formula is C43H62N10. The van der Waals surface area contributed by atoms with Gasteiger partial charge in [-0.15, -0.1) is 0 Å². The molecule has 2 aliphatic rings. The second kappa shape index (κ2) is 20.0. The molecule has 1 fully saturated rings. The largest absolute Gasteiger partial charge is 0.399 e. The first-order chi connectivity index (χ1) is 25.8. The van der Waals surface area contributed by atoms with Gasteiger partial charge < -0.3 is 36.2 Å². The Bertz CT molecular complexity index is 1810. The maximum absolute atomic E-state index is 6.26. The first kappa shape index (κ1) is 39.5. The molecule has 2 aliphatic heterocycles. The van der Waals surface area contributed by atoms with Gasteiger partial charge in [-0.05, 0) is 151 Å². The lowest BCUT2D eigenvalue weighted by Gasteiger charge is -2.28. The van der Waals surface area contributed by atoms with Gasteiger partial charge in [-0.2, -0.15) is 5.10 Å². The second-order valence-electron chi connectivity index (χ2n) is 14.3. The SMILES string of the molecule is C=Nc1cc(C(=C)NCCCN2CCCCC2)cc2c1N(CNC)C/C=C/Cn1c(/C=C/C(C)=N\NCC)nc3cc(C(=C)N)cc(c31)CCCCC2. The Labute approximate surface area is 317 Å². The fourth-order valence-electron chi connectivity index (χ4n) is 7.47. The molecule has 1 saturated heterocycles. The highest BCUT2D eigenvalue weighted by Crippen LogP contribution is 2.37. The maximum atomic E-state index is 6.26. The minimum absolute atomic E-state index is 0.556. The van der Waals surface area contributed by atoms with Gasteiger partial charge in [0.25, 0.3) is 0 Å².